The number of ketones is 1. The summed E-state index contributed by atoms with van der Waals surface area (Å²) in [6.45, 7) is 3.68. The Morgan fingerprint density at radius 1 is 1.15 bits per heavy atom. The Labute approximate surface area is 117 Å². The third-order valence-corrected chi connectivity index (χ3v) is 2.75. The van der Waals surface area contributed by atoms with Crippen molar-refractivity contribution in [1.82, 2.24) is 0 Å². The van der Waals surface area contributed by atoms with Crippen LogP contribution in [-0.4, -0.2) is 11.9 Å². The van der Waals surface area contributed by atoms with E-state index in [2.05, 4.69) is 0 Å². The molecule has 2 N–H and O–H groups in total. The van der Waals surface area contributed by atoms with Gasteiger partial charge < -0.3 is 10.5 Å². The largest absolute Gasteiger partial charge is 0.490 e. The molecule has 0 bridgehead atoms. The van der Waals surface area contributed by atoms with Crippen molar-refractivity contribution in [2.75, 3.05) is 5.73 Å². The average Bonchev–Trinajstić information content (AvgIpc) is 2.40. The Bertz CT molecular complexity index is 638. The van der Waals surface area contributed by atoms with Gasteiger partial charge >= 0.3 is 0 Å². The van der Waals surface area contributed by atoms with E-state index < -0.39 is 5.82 Å². The summed E-state index contributed by atoms with van der Waals surface area (Å²) in [7, 11) is 0. The number of ether oxygens (including phenoxy) is 1. The lowest BCUT2D eigenvalue weighted by molar-refractivity contribution is 0.103. The zero-order valence-corrected chi connectivity index (χ0v) is 11.4. The van der Waals surface area contributed by atoms with E-state index in [1.807, 2.05) is 13.8 Å². The van der Waals surface area contributed by atoms with E-state index in [1.165, 1.54) is 18.2 Å². The van der Waals surface area contributed by atoms with Gasteiger partial charge in [-0.3, -0.25) is 4.79 Å². The summed E-state index contributed by atoms with van der Waals surface area (Å²) in [5.41, 5.74) is 6.67. The third kappa shape index (κ3) is 2.96. The van der Waals surface area contributed by atoms with E-state index in [4.69, 9.17) is 10.5 Å². The van der Waals surface area contributed by atoms with Gasteiger partial charge in [-0.2, -0.15) is 0 Å². The summed E-state index contributed by atoms with van der Waals surface area (Å²) in [5, 5.41) is 0. The van der Waals surface area contributed by atoms with Gasteiger partial charge in [0.05, 0.1) is 11.7 Å². The lowest BCUT2D eigenvalue weighted by Crippen LogP contribution is -2.12. The van der Waals surface area contributed by atoms with E-state index in [0.717, 1.165) is 0 Å². The van der Waals surface area contributed by atoms with Crippen LogP contribution in [0.25, 0.3) is 0 Å². The van der Waals surface area contributed by atoms with Crippen LogP contribution in [0.5, 0.6) is 5.75 Å². The van der Waals surface area contributed by atoms with Crippen molar-refractivity contribution in [3.63, 3.8) is 0 Å². The molecule has 0 aliphatic carbocycles. The first-order valence-corrected chi connectivity index (χ1v) is 6.34. The van der Waals surface area contributed by atoms with Gasteiger partial charge in [-0.1, -0.05) is 12.1 Å². The summed E-state index contributed by atoms with van der Waals surface area (Å²) in [6, 6.07) is 10.6. The van der Waals surface area contributed by atoms with Crippen molar-refractivity contribution >= 4 is 11.5 Å². The SMILES string of the molecule is CC(C)Oc1ccc(F)cc1C(=O)c1ccccc1N. The van der Waals surface area contributed by atoms with E-state index >= 15 is 0 Å². The van der Waals surface area contributed by atoms with Gasteiger partial charge in [0.2, 0.25) is 0 Å². The molecule has 3 nitrogen and oxygen atoms in total. The Balaban J connectivity index is 2.48. The second kappa shape index (κ2) is 5.74. The third-order valence-electron chi connectivity index (χ3n) is 2.75. The Morgan fingerprint density at radius 2 is 1.85 bits per heavy atom. The van der Waals surface area contributed by atoms with E-state index in [0.29, 0.717) is 17.0 Å². The van der Waals surface area contributed by atoms with Crippen LogP contribution in [0.4, 0.5) is 10.1 Å². The van der Waals surface area contributed by atoms with Crippen LogP contribution in [0.1, 0.15) is 29.8 Å². The molecule has 0 heterocycles. The molecule has 4 heteroatoms. The first kappa shape index (κ1) is 14.1. The second-order valence-corrected chi connectivity index (χ2v) is 4.72. The highest BCUT2D eigenvalue weighted by Crippen LogP contribution is 2.26. The summed E-state index contributed by atoms with van der Waals surface area (Å²) in [4.78, 5) is 12.5. The summed E-state index contributed by atoms with van der Waals surface area (Å²) in [5.74, 6) is -0.480. The fourth-order valence-electron chi connectivity index (χ4n) is 1.89. The summed E-state index contributed by atoms with van der Waals surface area (Å²) in [6.07, 6.45) is -0.111. The number of hydrogen-bond donors (Lipinski definition) is 1. The first-order chi connectivity index (χ1) is 9.49. The first-order valence-electron chi connectivity index (χ1n) is 6.34. The van der Waals surface area contributed by atoms with Gasteiger partial charge in [0.1, 0.15) is 11.6 Å². The van der Waals surface area contributed by atoms with Crippen molar-refractivity contribution < 1.29 is 13.9 Å². The standard InChI is InChI=1S/C16H16FNO2/c1-10(2)20-15-8-7-11(17)9-13(15)16(19)12-5-3-4-6-14(12)18/h3-10H,18H2,1-2H3. The fraction of sp³-hybridized carbons (Fsp3) is 0.188. The summed E-state index contributed by atoms with van der Waals surface area (Å²) < 4.78 is 19.0. The molecule has 0 saturated heterocycles. The normalized spacial score (nSPS) is 10.6. The maximum Gasteiger partial charge on any atom is 0.198 e. The molecule has 2 aromatic rings. The molecule has 0 fully saturated rings. The van der Waals surface area contributed by atoms with Gasteiger partial charge in [0.25, 0.3) is 0 Å². The lowest BCUT2D eigenvalue weighted by Gasteiger charge is -2.14. The molecule has 0 spiro atoms. The number of nitrogen functional groups attached to an aromatic ring is 1. The Kier molecular flexibility index (Phi) is 4.03. The van der Waals surface area contributed by atoms with Gasteiger partial charge in [-0.15, -0.1) is 0 Å². The van der Waals surface area contributed by atoms with Gasteiger partial charge in [-0.05, 0) is 44.2 Å². The van der Waals surface area contributed by atoms with Crippen molar-refractivity contribution in [2.24, 2.45) is 0 Å². The van der Waals surface area contributed by atoms with Crippen molar-refractivity contribution in [2.45, 2.75) is 20.0 Å². The minimum absolute atomic E-state index is 0.111. The highest BCUT2D eigenvalue weighted by Gasteiger charge is 2.18. The van der Waals surface area contributed by atoms with Crippen molar-refractivity contribution in [3.05, 3.63) is 59.4 Å². The fourth-order valence-corrected chi connectivity index (χ4v) is 1.89. The highest BCUT2D eigenvalue weighted by atomic mass is 19.1. The average molecular weight is 273 g/mol. The van der Waals surface area contributed by atoms with Crippen molar-refractivity contribution in [3.8, 4) is 5.75 Å². The molecule has 0 radical (unpaired) electrons. The smallest absolute Gasteiger partial charge is 0.198 e. The number of benzene rings is 2. The van der Waals surface area contributed by atoms with Crippen LogP contribution >= 0.6 is 0 Å². The molecule has 0 atom stereocenters. The molecule has 2 rings (SSSR count). The van der Waals surface area contributed by atoms with Gasteiger partial charge in [0, 0.05) is 11.3 Å². The topological polar surface area (TPSA) is 52.3 Å². The van der Waals surface area contributed by atoms with Crippen LogP contribution in [-0.2, 0) is 0 Å². The monoisotopic (exact) mass is 273 g/mol. The van der Waals surface area contributed by atoms with Crippen LogP contribution in [0.2, 0.25) is 0 Å². The molecule has 0 saturated carbocycles. The minimum atomic E-state index is -0.487. The highest BCUT2D eigenvalue weighted by molar-refractivity contribution is 6.13. The maximum atomic E-state index is 13.4. The predicted molar refractivity (Wildman–Crippen MR) is 76.5 cm³/mol. The Morgan fingerprint density at radius 3 is 2.50 bits per heavy atom. The minimum Gasteiger partial charge on any atom is -0.490 e. The van der Waals surface area contributed by atoms with Gasteiger partial charge in [0.15, 0.2) is 5.78 Å². The van der Waals surface area contributed by atoms with Crippen LogP contribution < -0.4 is 10.5 Å². The molecule has 104 valence electrons. The van der Waals surface area contributed by atoms with Gasteiger partial charge in [-0.25, -0.2) is 4.39 Å². The molecule has 0 unspecified atom stereocenters. The zero-order valence-electron chi connectivity index (χ0n) is 11.4. The predicted octanol–water partition coefficient (Wildman–Crippen LogP) is 3.43. The number of carbonyl (C=O) groups excluding carboxylic acids is 1. The maximum absolute atomic E-state index is 13.4. The molecule has 0 aliphatic heterocycles. The van der Waals surface area contributed by atoms with Crippen LogP contribution in [0, 0.1) is 5.82 Å². The quantitative estimate of drug-likeness (QED) is 0.686. The van der Waals surface area contributed by atoms with Crippen LogP contribution in [0.3, 0.4) is 0 Å². The summed E-state index contributed by atoms with van der Waals surface area (Å²) >= 11 is 0. The van der Waals surface area contributed by atoms with E-state index in [9.17, 15) is 9.18 Å². The molecular formula is C16H16FNO2. The number of anilines is 1. The zero-order chi connectivity index (χ0) is 14.7. The number of para-hydroxylation sites is 1. The van der Waals surface area contributed by atoms with Crippen molar-refractivity contribution in [1.29, 1.82) is 0 Å². The Hall–Kier alpha value is -2.36. The molecule has 0 aromatic heterocycles. The molecular weight excluding hydrogens is 257 g/mol. The number of nitrogens with two attached hydrogens (primary N) is 1. The number of hydrogen-bond acceptors (Lipinski definition) is 3. The molecule has 0 amide bonds. The molecule has 0 aliphatic rings. The number of rotatable bonds is 4. The molecule has 20 heavy (non-hydrogen) atoms. The van der Waals surface area contributed by atoms with E-state index in [1.54, 1.807) is 24.3 Å². The second-order valence-electron chi connectivity index (χ2n) is 4.72. The van der Waals surface area contributed by atoms with E-state index in [-0.39, 0.29) is 17.5 Å². The lowest BCUT2D eigenvalue weighted by atomic mass is 10.0. The van der Waals surface area contributed by atoms with Crippen LogP contribution in [0.15, 0.2) is 42.5 Å². The number of halogens is 1. The number of carbonyl (C=O) groups is 1. The molecule has 2 aromatic carbocycles.